The van der Waals surface area contributed by atoms with Crippen LogP contribution in [0.2, 0.25) is 0 Å². The topological polar surface area (TPSA) is 122 Å². The van der Waals surface area contributed by atoms with E-state index in [0.717, 1.165) is 5.56 Å². The molecule has 0 fully saturated rings. The van der Waals surface area contributed by atoms with Gasteiger partial charge in [0.15, 0.2) is 0 Å². The minimum atomic E-state index is -0.604. The van der Waals surface area contributed by atoms with Crippen LogP contribution in [0.1, 0.15) is 11.1 Å². The predicted molar refractivity (Wildman–Crippen MR) is 76.4 cm³/mol. The summed E-state index contributed by atoms with van der Waals surface area (Å²) in [6, 6.07) is 9.03. The van der Waals surface area contributed by atoms with Crippen LogP contribution in [0.3, 0.4) is 0 Å². The lowest BCUT2D eigenvalue weighted by atomic mass is 10.1. The third-order valence-corrected chi connectivity index (χ3v) is 2.85. The Hall–Kier alpha value is -3.21. The zero-order chi connectivity index (χ0) is 15.4. The number of benzene rings is 1. The van der Waals surface area contributed by atoms with Gasteiger partial charge in [0, 0.05) is 13.6 Å². The van der Waals surface area contributed by atoms with Crippen molar-refractivity contribution in [1.82, 2.24) is 9.97 Å². The summed E-state index contributed by atoms with van der Waals surface area (Å²) in [5.74, 6) is -0.0440. The molecule has 1 heterocycles. The molecule has 0 bridgehead atoms. The van der Waals surface area contributed by atoms with Crippen molar-refractivity contribution in [2.24, 2.45) is 0 Å². The maximum Gasteiger partial charge on any atom is 0.353 e. The van der Waals surface area contributed by atoms with Gasteiger partial charge in [-0.1, -0.05) is 12.1 Å². The molecule has 8 heteroatoms. The molecule has 0 aliphatic heterocycles. The predicted octanol–water partition coefficient (Wildman–Crippen LogP) is 1.48. The summed E-state index contributed by atoms with van der Waals surface area (Å²) >= 11 is 0. The zero-order valence-electron chi connectivity index (χ0n) is 11.2. The van der Waals surface area contributed by atoms with Crippen LogP contribution >= 0.6 is 0 Å². The van der Waals surface area contributed by atoms with E-state index < -0.39 is 4.92 Å². The summed E-state index contributed by atoms with van der Waals surface area (Å²) in [5, 5.41) is 20.0. The van der Waals surface area contributed by atoms with Gasteiger partial charge < -0.3 is 10.6 Å². The van der Waals surface area contributed by atoms with Crippen molar-refractivity contribution in [3.05, 3.63) is 51.8 Å². The fourth-order valence-corrected chi connectivity index (χ4v) is 1.93. The van der Waals surface area contributed by atoms with Gasteiger partial charge in [0.25, 0.3) is 0 Å². The number of nitrogen functional groups attached to an aromatic ring is 1. The van der Waals surface area contributed by atoms with Crippen molar-refractivity contribution in [2.45, 2.75) is 6.54 Å². The van der Waals surface area contributed by atoms with E-state index in [2.05, 4.69) is 9.97 Å². The molecule has 0 amide bonds. The molecule has 0 saturated carbocycles. The fraction of sp³-hybridized carbons (Fsp3) is 0.154. The Morgan fingerprint density at radius 3 is 2.90 bits per heavy atom. The minimum Gasteiger partial charge on any atom is -0.378 e. The molecule has 8 nitrogen and oxygen atoms in total. The molecule has 0 saturated heterocycles. The Kier molecular flexibility index (Phi) is 3.95. The molecule has 0 spiro atoms. The lowest BCUT2D eigenvalue weighted by Gasteiger charge is -2.18. The van der Waals surface area contributed by atoms with Crippen molar-refractivity contribution in [1.29, 1.82) is 5.26 Å². The molecular weight excluding hydrogens is 272 g/mol. The smallest absolute Gasteiger partial charge is 0.353 e. The number of aromatic nitrogens is 2. The van der Waals surface area contributed by atoms with Crippen LogP contribution in [-0.2, 0) is 6.54 Å². The molecule has 0 unspecified atom stereocenters. The van der Waals surface area contributed by atoms with E-state index in [1.165, 1.54) is 6.33 Å². The van der Waals surface area contributed by atoms with E-state index >= 15 is 0 Å². The maximum atomic E-state index is 11.1. The van der Waals surface area contributed by atoms with Gasteiger partial charge in [0.05, 0.1) is 16.6 Å². The second-order valence-electron chi connectivity index (χ2n) is 4.36. The zero-order valence-corrected chi connectivity index (χ0v) is 11.2. The highest BCUT2D eigenvalue weighted by atomic mass is 16.6. The van der Waals surface area contributed by atoms with Crippen LogP contribution in [0.15, 0.2) is 30.6 Å². The fourth-order valence-electron chi connectivity index (χ4n) is 1.93. The highest BCUT2D eigenvalue weighted by Crippen LogP contribution is 2.29. The Bertz CT molecular complexity index is 725. The van der Waals surface area contributed by atoms with Crippen LogP contribution in [0.5, 0.6) is 0 Å². The van der Waals surface area contributed by atoms with Gasteiger partial charge in [-0.05, 0) is 17.7 Å². The number of hydrogen-bond donors (Lipinski definition) is 1. The van der Waals surface area contributed by atoms with Gasteiger partial charge in [-0.25, -0.2) is 9.97 Å². The third-order valence-electron chi connectivity index (χ3n) is 2.85. The van der Waals surface area contributed by atoms with Crippen LogP contribution in [0.4, 0.5) is 17.3 Å². The third kappa shape index (κ3) is 3.03. The first-order chi connectivity index (χ1) is 10.0. The molecular formula is C13H12N6O2. The number of anilines is 2. The molecule has 0 aliphatic rings. The van der Waals surface area contributed by atoms with E-state index in [1.54, 1.807) is 30.1 Å². The van der Waals surface area contributed by atoms with Crippen LogP contribution in [-0.4, -0.2) is 21.9 Å². The van der Waals surface area contributed by atoms with Gasteiger partial charge in [0.2, 0.25) is 11.6 Å². The minimum absolute atomic E-state index is 0.134. The van der Waals surface area contributed by atoms with Crippen molar-refractivity contribution in [2.75, 3.05) is 17.7 Å². The normalized spacial score (nSPS) is 9.90. The first-order valence-electron chi connectivity index (χ1n) is 5.98. The number of nitrogens with zero attached hydrogens (tertiary/aromatic N) is 5. The number of rotatable bonds is 4. The SMILES string of the molecule is CN(Cc1cccc(C#N)c1)c1ncnc(N)c1[N+](=O)[O-]. The largest absolute Gasteiger partial charge is 0.378 e. The molecule has 1 aromatic carbocycles. The molecule has 2 N–H and O–H groups in total. The van der Waals surface area contributed by atoms with E-state index in [4.69, 9.17) is 11.0 Å². The van der Waals surface area contributed by atoms with Crippen LogP contribution in [0.25, 0.3) is 0 Å². The molecule has 1 aromatic heterocycles. The Labute approximate surface area is 120 Å². The summed E-state index contributed by atoms with van der Waals surface area (Å²) in [6.07, 6.45) is 1.18. The summed E-state index contributed by atoms with van der Waals surface area (Å²) in [5.41, 5.74) is 6.58. The Morgan fingerprint density at radius 2 is 2.24 bits per heavy atom. The summed E-state index contributed by atoms with van der Waals surface area (Å²) in [4.78, 5) is 19.6. The van der Waals surface area contributed by atoms with Crippen molar-refractivity contribution < 1.29 is 4.92 Å². The molecule has 0 atom stereocenters. The average molecular weight is 284 g/mol. The van der Waals surface area contributed by atoms with E-state index in [1.807, 2.05) is 12.1 Å². The standard InChI is InChI=1S/C13H12N6O2/c1-18(7-10-4-2-3-9(5-10)6-14)13-11(19(20)21)12(15)16-8-17-13/h2-5,8H,7H2,1H3,(H2,15,16,17). The number of nitrogens with two attached hydrogens (primary N) is 1. The summed E-state index contributed by atoms with van der Waals surface area (Å²) in [6.45, 7) is 0.354. The molecule has 106 valence electrons. The summed E-state index contributed by atoms with van der Waals surface area (Å²) < 4.78 is 0. The monoisotopic (exact) mass is 284 g/mol. The van der Waals surface area contributed by atoms with E-state index in [0.29, 0.717) is 12.1 Å². The van der Waals surface area contributed by atoms with Gasteiger partial charge >= 0.3 is 5.69 Å². The quantitative estimate of drug-likeness (QED) is 0.666. The Morgan fingerprint density at radius 1 is 1.48 bits per heavy atom. The van der Waals surface area contributed by atoms with E-state index in [-0.39, 0.29) is 17.3 Å². The van der Waals surface area contributed by atoms with Gasteiger partial charge in [-0.15, -0.1) is 0 Å². The van der Waals surface area contributed by atoms with E-state index in [9.17, 15) is 10.1 Å². The molecule has 0 radical (unpaired) electrons. The lowest BCUT2D eigenvalue weighted by molar-refractivity contribution is -0.383. The molecule has 0 aliphatic carbocycles. The summed E-state index contributed by atoms with van der Waals surface area (Å²) in [7, 11) is 1.66. The van der Waals surface area contributed by atoms with Gasteiger partial charge in [-0.2, -0.15) is 5.26 Å². The van der Waals surface area contributed by atoms with Crippen LogP contribution in [0, 0.1) is 21.4 Å². The Balaban J connectivity index is 2.33. The number of nitro groups is 1. The van der Waals surface area contributed by atoms with Gasteiger partial charge in [-0.3, -0.25) is 10.1 Å². The van der Waals surface area contributed by atoms with Crippen LogP contribution < -0.4 is 10.6 Å². The average Bonchev–Trinajstić information content (AvgIpc) is 2.46. The molecule has 2 aromatic rings. The second-order valence-corrected chi connectivity index (χ2v) is 4.36. The first-order valence-corrected chi connectivity index (χ1v) is 5.98. The van der Waals surface area contributed by atoms with Crippen molar-refractivity contribution in [3.63, 3.8) is 0 Å². The maximum absolute atomic E-state index is 11.1. The highest BCUT2D eigenvalue weighted by Gasteiger charge is 2.23. The lowest BCUT2D eigenvalue weighted by Crippen LogP contribution is -2.20. The number of hydrogen-bond acceptors (Lipinski definition) is 7. The first kappa shape index (κ1) is 14.2. The van der Waals surface area contributed by atoms with Gasteiger partial charge in [0.1, 0.15) is 6.33 Å². The van der Waals surface area contributed by atoms with Crippen molar-refractivity contribution in [3.8, 4) is 6.07 Å². The second kappa shape index (κ2) is 5.83. The molecule has 21 heavy (non-hydrogen) atoms. The van der Waals surface area contributed by atoms with Crippen molar-refractivity contribution >= 4 is 17.3 Å². The highest BCUT2D eigenvalue weighted by molar-refractivity contribution is 5.68. The molecule has 2 rings (SSSR count). The number of nitriles is 1.